The van der Waals surface area contributed by atoms with Crippen molar-refractivity contribution in [3.63, 3.8) is 0 Å². The molecule has 0 aromatic heterocycles. The number of phenols is 1. The van der Waals surface area contributed by atoms with Crippen LogP contribution in [0, 0.1) is 15.9 Å². The van der Waals surface area contributed by atoms with E-state index in [2.05, 4.69) is 5.32 Å². The third-order valence-electron chi connectivity index (χ3n) is 2.84. The summed E-state index contributed by atoms with van der Waals surface area (Å²) in [6.07, 6.45) is 0. The highest BCUT2D eigenvalue weighted by molar-refractivity contribution is 5.94. The molecule has 0 atom stereocenters. The summed E-state index contributed by atoms with van der Waals surface area (Å²) in [5.74, 6) is -1.57. The predicted octanol–water partition coefficient (Wildman–Crippen LogP) is 2.37. The Bertz CT molecular complexity index is 703. The lowest BCUT2D eigenvalue weighted by molar-refractivity contribution is -0.387. The molecular formula is C14H11FN2O4. The number of nitrogens with zero attached hydrogens (tertiary/aromatic N) is 1. The van der Waals surface area contributed by atoms with Crippen LogP contribution in [0.2, 0.25) is 0 Å². The van der Waals surface area contributed by atoms with Crippen LogP contribution in [0.3, 0.4) is 0 Å². The maximum Gasteiger partial charge on any atom is 0.305 e. The monoisotopic (exact) mass is 290 g/mol. The normalized spacial score (nSPS) is 10.1. The van der Waals surface area contributed by atoms with Gasteiger partial charge >= 0.3 is 5.69 Å². The van der Waals surface area contributed by atoms with Crippen molar-refractivity contribution >= 4 is 11.6 Å². The Morgan fingerprint density at radius 2 is 2.00 bits per heavy atom. The van der Waals surface area contributed by atoms with Crippen LogP contribution < -0.4 is 5.32 Å². The molecular weight excluding hydrogens is 279 g/mol. The summed E-state index contributed by atoms with van der Waals surface area (Å²) < 4.78 is 13.2. The Morgan fingerprint density at radius 3 is 2.67 bits per heavy atom. The molecule has 6 nitrogen and oxygen atoms in total. The van der Waals surface area contributed by atoms with Gasteiger partial charge in [0.15, 0.2) is 0 Å². The van der Waals surface area contributed by atoms with Gasteiger partial charge < -0.3 is 10.4 Å². The molecule has 0 saturated heterocycles. The van der Waals surface area contributed by atoms with E-state index in [1.165, 1.54) is 6.07 Å². The van der Waals surface area contributed by atoms with E-state index in [0.717, 1.165) is 18.2 Å². The Hall–Kier alpha value is -2.96. The Morgan fingerprint density at radius 1 is 1.29 bits per heavy atom. The van der Waals surface area contributed by atoms with Gasteiger partial charge in [-0.05, 0) is 18.2 Å². The number of hydrogen-bond donors (Lipinski definition) is 2. The number of amides is 1. The number of halogens is 1. The fraction of sp³-hybridized carbons (Fsp3) is 0.0714. The minimum Gasteiger partial charge on any atom is -0.508 e. The fourth-order valence-electron chi connectivity index (χ4n) is 1.73. The molecule has 2 rings (SSSR count). The van der Waals surface area contributed by atoms with Gasteiger partial charge in [-0.3, -0.25) is 14.9 Å². The number of aromatic hydroxyl groups is 1. The van der Waals surface area contributed by atoms with Crippen molar-refractivity contribution in [2.45, 2.75) is 6.54 Å². The first-order valence-corrected chi connectivity index (χ1v) is 5.98. The molecule has 7 heteroatoms. The maximum absolute atomic E-state index is 13.2. The molecule has 0 aliphatic rings. The van der Waals surface area contributed by atoms with E-state index < -0.39 is 22.3 Å². The summed E-state index contributed by atoms with van der Waals surface area (Å²) in [7, 11) is 0. The van der Waals surface area contributed by atoms with Crippen LogP contribution in [0.4, 0.5) is 10.1 Å². The molecule has 2 aromatic carbocycles. The third-order valence-corrected chi connectivity index (χ3v) is 2.84. The number of nitro benzene ring substituents is 1. The van der Waals surface area contributed by atoms with Gasteiger partial charge in [-0.2, -0.15) is 4.39 Å². The van der Waals surface area contributed by atoms with Crippen molar-refractivity contribution in [2.75, 3.05) is 0 Å². The lowest BCUT2D eigenvalue weighted by Crippen LogP contribution is -2.23. The topological polar surface area (TPSA) is 92.5 Å². The number of nitrogens with one attached hydrogen (secondary N) is 1. The van der Waals surface area contributed by atoms with E-state index in [-0.39, 0.29) is 17.9 Å². The minimum absolute atomic E-state index is 0.0291. The molecule has 2 aromatic rings. The number of hydrogen-bond acceptors (Lipinski definition) is 4. The summed E-state index contributed by atoms with van der Waals surface area (Å²) in [6.45, 7) is 0.0523. The molecule has 0 heterocycles. The predicted molar refractivity (Wildman–Crippen MR) is 72.3 cm³/mol. The van der Waals surface area contributed by atoms with E-state index in [1.807, 2.05) is 0 Å². The lowest BCUT2D eigenvalue weighted by atomic mass is 10.1. The van der Waals surface area contributed by atoms with Gasteiger partial charge in [0.25, 0.3) is 5.91 Å². The maximum atomic E-state index is 13.2. The first-order chi connectivity index (χ1) is 9.99. The average molecular weight is 290 g/mol. The Balaban J connectivity index is 2.12. The lowest BCUT2D eigenvalue weighted by Gasteiger charge is -2.07. The molecule has 0 aliphatic heterocycles. The van der Waals surface area contributed by atoms with Crippen molar-refractivity contribution in [1.29, 1.82) is 0 Å². The minimum atomic E-state index is -1.00. The molecule has 108 valence electrons. The van der Waals surface area contributed by atoms with Crippen LogP contribution in [0.25, 0.3) is 0 Å². The highest BCUT2D eigenvalue weighted by Gasteiger charge is 2.17. The molecule has 0 fully saturated rings. The molecule has 0 bridgehead atoms. The fourth-order valence-corrected chi connectivity index (χ4v) is 1.73. The summed E-state index contributed by atoms with van der Waals surface area (Å²) >= 11 is 0. The number of para-hydroxylation sites is 1. The van der Waals surface area contributed by atoms with Crippen LogP contribution in [0.1, 0.15) is 15.9 Å². The summed E-state index contributed by atoms with van der Waals surface area (Å²) in [4.78, 5) is 21.6. The summed E-state index contributed by atoms with van der Waals surface area (Å²) in [5.41, 5.74) is -0.286. The first kappa shape index (κ1) is 14.4. The molecule has 0 aliphatic carbocycles. The zero-order valence-electron chi connectivity index (χ0n) is 10.7. The molecule has 21 heavy (non-hydrogen) atoms. The Labute approximate surface area is 119 Å². The second-order valence-corrected chi connectivity index (χ2v) is 4.23. The largest absolute Gasteiger partial charge is 0.508 e. The van der Waals surface area contributed by atoms with Crippen LogP contribution in [-0.2, 0) is 6.54 Å². The quantitative estimate of drug-likeness (QED) is 0.668. The van der Waals surface area contributed by atoms with Crippen molar-refractivity contribution in [1.82, 2.24) is 5.32 Å². The van der Waals surface area contributed by atoms with Crippen LogP contribution >= 0.6 is 0 Å². The summed E-state index contributed by atoms with van der Waals surface area (Å²) in [6, 6.07) is 9.34. The average Bonchev–Trinajstić information content (AvgIpc) is 2.46. The van der Waals surface area contributed by atoms with E-state index in [1.54, 1.807) is 18.2 Å². The van der Waals surface area contributed by atoms with E-state index in [4.69, 9.17) is 0 Å². The number of nitro groups is 1. The zero-order valence-corrected chi connectivity index (χ0v) is 10.7. The van der Waals surface area contributed by atoms with Gasteiger partial charge in [0.05, 0.1) is 4.92 Å². The zero-order chi connectivity index (χ0) is 15.4. The second-order valence-electron chi connectivity index (χ2n) is 4.23. The van der Waals surface area contributed by atoms with Crippen LogP contribution in [0.15, 0.2) is 42.5 Å². The van der Waals surface area contributed by atoms with Crippen LogP contribution in [0.5, 0.6) is 5.75 Å². The number of phenolic OH excluding ortho intramolecular Hbond substituents is 1. The van der Waals surface area contributed by atoms with Crippen molar-refractivity contribution in [3.05, 3.63) is 69.5 Å². The summed E-state index contributed by atoms with van der Waals surface area (Å²) in [5, 5.41) is 22.7. The third kappa shape index (κ3) is 3.33. The van der Waals surface area contributed by atoms with Gasteiger partial charge in [-0.1, -0.05) is 18.2 Å². The van der Waals surface area contributed by atoms with Gasteiger partial charge in [-0.15, -0.1) is 0 Å². The number of carbonyl (C=O) groups excluding carboxylic acids is 1. The second kappa shape index (κ2) is 6.00. The molecule has 2 N–H and O–H groups in total. The molecule has 0 saturated carbocycles. The smallest absolute Gasteiger partial charge is 0.305 e. The van der Waals surface area contributed by atoms with Crippen molar-refractivity contribution < 1.29 is 19.2 Å². The molecule has 1 amide bonds. The molecule has 0 spiro atoms. The van der Waals surface area contributed by atoms with Crippen molar-refractivity contribution in [3.8, 4) is 5.75 Å². The van der Waals surface area contributed by atoms with Crippen LogP contribution in [-0.4, -0.2) is 15.9 Å². The number of rotatable bonds is 4. The highest BCUT2D eigenvalue weighted by atomic mass is 19.1. The van der Waals surface area contributed by atoms with Gasteiger partial charge in [-0.25, -0.2) is 0 Å². The Kier molecular flexibility index (Phi) is 4.13. The van der Waals surface area contributed by atoms with E-state index in [9.17, 15) is 24.4 Å². The number of carbonyl (C=O) groups is 1. The standard InChI is InChI=1S/C14H11FN2O4/c15-11-6-5-9(7-12(11)17(20)21)14(19)16-8-10-3-1-2-4-13(10)18/h1-7,18H,8H2,(H,16,19). The van der Waals surface area contributed by atoms with Gasteiger partial charge in [0, 0.05) is 23.7 Å². The van der Waals surface area contributed by atoms with E-state index in [0.29, 0.717) is 5.56 Å². The van der Waals surface area contributed by atoms with Gasteiger partial charge in [0.2, 0.25) is 5.82 Å². The van der Waals surface area contributed by atoms with Crippen molar-refractivity contribution in [2.24, 2.45) is 0 Å². The van der Waals surface area contributed by atoms with Gasteiger partial charge in [0.1, 0.15) is 5.75 Å². The SMILES string of the molecule is O=C(NCc1ccccc1O)c1ccc(F)c([N+](=O)[O-])c1. The highest BCUT2D eigenvalue weighted by Crippen LogP contribution is 2.19. The van der Waals surface area contributed by atoms with E-state index >= 15 is 0 Å². The number of benzene rings is 2. The molecule has 0 unspecified atom stereocenters. The molecule has 0 radical (unpaired) electrons. The first-order valence-electron chi connectivity index (χ1n) is 5.98.